The van der Waals surface area contributed by atoms with E-state index >= 15 is 0 Å². The molecule has 4 rings (SSSR count). The van der Waals surface area contributed by atoms with Gasteiger partial charge in [0.15, 0.2) is 5.78 Å². The van der Waals surface area contributed by atoms with Crippen LogP contribution in [-0.2, 0) is 0 Å². The molecule has 0 atom stereocenters. The number of carbonyl (C=O) groups excluding carboxylic acids is 1. The van der Waals surface area contributed by atoms with E-state index in [0.29, 0.717) is 6.42 Å². The van der Waals surface area contributed by atoms with E-state index < -0.39 is 0 Å². The van der Waals surface area contributed by atoms with E-state index in [2.05, 4.69) is 9.80 Å². The lowest BCUT2D eigenvalue weighted by molar-refractivity contribution is 0.0942. The summed E-state index contributed by atoms with van der Waals surface area (Å²) in [4.78, 5) is 17.1. The average molecular weight is 435 g/mol. The van der Waals surface area contributed by atoms with Crippen LogP contribution in [0.3, 0.4) is 0 Å². The summed E-state index contributed by atoms with van der Waals surface area (Å²) in [6.07, 6.45) is 1.39. The summed E-state index contributed by atoms with van der Waals surface area (Å²) < 4.78 is 27.0. The minimum absolute atomic E-state index is 0.0435. The molecule has 0 aromatic heterocycles. The van der Waals surface area contributed by atoms with Crippen LogP contribution in [0.15, 0.2) is 78.9 Å². The van der Waals surface area contributed by atoms with Crippen LogP contribution in [0, 0.1) is 11.6 Å². The van der Waals surface area contributed by atoms with Crippen molar-refractivity contribution in [2.75, 3.05) is 32.7 Å². The normalized spacial score (nSPS) is 15.2. The number of ketones is 1. The third kappa shape index (κ3) is 5.67. The molecule has 0 N–H and O–H groups in total. The predicted octanol–water partition coefficient (Wildman–Crippen LogP) is 5.33. The highest BCUT2D eigenvalue weighted by Crippen LogP contribution is 2.30. The first-order chi connectivity index (χ1) is 15.6. The fourth-order valence-electron chi connectivity index (χ4n) is 4.38. The highest BCUT2D eigenvalue weighted by atomic mass is 19.1. The topological polar surface area (TPSA) is 23.6 Å². The first-order valence-electron chi connectivity index (χ1n) is 11.2. The molecule has 1 aliphatic rings. The maximum atomic E-state index is 13.5. The van der Waals surface area contributed by atoms with Crippen LogP contribution in [0.4, 0.5) is 8.78 Å². The number of carbonyl (C=O) groups is 1. The van der Waals surface area contributed by atoms with Crippen molar-refractivity contribution in [2.45, 2.75) is 18.9 Å². The largest absolute Gasteiger partial charge is 0.301 e. The Bertz CT molecular complexity index is 953. The molecular formula is C27H28F2N2O. The Balaban J connectivity index is 1.35. The molecule has 0 aliphatic carbocycles. The van der Waals surface area contributed by atoms with Crippen molar-refractivity contribution >= 4 is 5.78 Å². The van der Waals surface area contributed by atoms with Gasteiger partial charge in [0.1, 0.15) is 11.6 Å². The van der Waals surface area contributed by atoms with E-state index in [0.717, 1.165) is 55.8 Å². The van der Waals surface area contributed by atoms with E-state index in [4.69, 9.17) is 0 Å². The second-order valence-corrected chi connectivity index (χ2v) is 8.28. The molecule has 1 saturated heterocycles. The number of Topliss-reactive ketones (excluding diaryl/α,β-unsaturated/α-hetero) is 1. The highest BCUT2D eigenvalue weighted by molar-refractivity contribution is 5.95. The zero-order chi connectivity index (χ0) is 22.3. The second kappa shape index (κ2) is 10.6. The number of halogens is 2. The third-order valence-electron chi connectivity index (χ3n) is 6.12. The van der Waals surface area contributed by atoms with Crippen LogP contribution in [0.5, 0.6) is 0 Å². The smallest absolute Gasteiger partial charge is 0.162 e. The molecule has 1 aliphatic heterocycles. The van der Waals surface area contributed by atoms with Gasteiger partial charge in [-0.3, -0.25) is 9.69 Å². The van der Waals surface area contributed by atoms with Crippen LogP contribution in [0.2, 0.25) is 0 Å². The summed E-state index contributed by atoms with van der Waals surface area (Å²) in [6.45, 7) is 4.40. The van der Waals surface area contributed by atoms with Gasteiger partial charge in [-0.1, -0.05) is 54.6 Å². The van der Waals surface area contributed by atoms with Crippen molar-refractivity contribution in [3.05, 3.63) is 107 Å². The Kier molecular flexibility index (Phi) is 7.40. The van der Waals surface area contributed by atoms with E-state index in [-0.39, 0.29) is 23.5 Å². The van der Waals surface area contributed by atoms with Gasteiger partial charge in [-0.25, -0.2) is 8.78 Å². The Morgan fingerprint density at radius 3 is 1.81 bits per heavy atom. The summed E-state index contributed by atoms with van der Waals surface area (Å²) >= 11 is 0. The molecule has 1 heterocycles. The Labute approximate surface area is 188 Å². The van der Waals surface area contributed by atoms with Gasteiger partial charge in [0.05, 0.1) is 6.04 Å². The Morgan fingerprint density at radius 1 is 0.750 bits per heavy atom. The quantitative estimate of drug-likeness (QED) is 0.448. The maximum absolute atomic E-state index is 13.5. The molecule has 5 heteroatoms. The second-order valence-electron chi connectivity index (χ2n) is 8.28. The lowest BCUT2D eigenvalue weighted by atomic mass is 9.96. The summed E-state index contributed by atoms with van der Waals surface area (Å²) in [7, 11) is 0. The van der Waals surface area contributed by atoms with E-state index in [1.807, 2.05) is 54.6 Å². The lowest BCUT2D eigenvalue weighted by Gasteiger charge is -2.39. The van der Waals surface area contributed by atoms with Crippen LogP contribution in [0.1, 0.15) is 40.4 Å². The van der Waals surface area contributed by atoms with E-state index in [1.54, 1.807) is 0 Å². The number of hydrogen-bond donors (Lipinski definition) is 0. The highest BCUT2D eigenvalue weighted by Gasteiger charge is 2.26. The minimum atomic E-state index is -0.263. The van der Waals surface area contributed by atoms with Gasteiger partial charge in [-0.15, -0.1) is 0 Å². The number of rotatable bonds is 8. The van der Waals surface area contributed by atoms with Gasteiger partial charge in [-0.05, 0) is 48.4 Å². The first kappa shape index (κ1) is 22.3. The van der Waals surface area contributed by atoms with Crippen molar-refractivity contribution < 1.29 is 13.6 Å². The molecule has 0 radical (unpaired) electrons. The third-order valence-corrected chi connectivity index (χ3v) is 6.12. The van der Waals surface area contributed by atoms with Crippen molar-refractivity contribution in [1.29, 1.82) is 0 Å². The molecule has 0 spiro atoms. The summed E-state index contributed by atoms with van der Waals surface area (Å²) in [5, 5.41) is 0. The molecule has 32 heavy (non-hydrogen) atoms. The average Bonchev–Trinajstić information content (AvgIpc) is 2.83. The summed E-state index contributed by atoms with van der Waals surface area (Å²) in [5.74, 6) is -0.333. The van der Waals surface area contributed by atoms with Gasteiger partial charge in [0.25, 0.3) is 0 Å². The van der Waals surface area contributed by atoms with Crippen LogP contribution in [-0.4, -0.2) is 48.3 Å². The van der Waals surface area contributed by atoms with Crippen molar-refractivity contribution in [1.82, 2.24) is 9.80 Å². The maximum Gasteiger partial charge on any atom is 0.162 e. The Morgan fingerprint density at radius 2 is 1.28 bits per heavy atom. The number of nitrogens with zero attached hydrogens (tertiary/aromatic N) is 2. The monoisotopic (exact) mass is 434 g/mol. The molecule has 3 nitrogen and oxygen atoms in total. The molecule has 0 unspecified atom stereocenters. The SMILES string of the molecule is O=C(CCCN1CCN(C(c2ccc(F)cc2)c2ccc(F)cc2)CC1)c1ccccc1. The molecular weight excluding hydrogens is 406 g/mol. The zero-order valence-electron chi connectivity index (χ0n) is 18.1. The van der Waals surface area contributed by atoms with Crippen LogP contribution < -0.4 is 0 Å². The zero-order valence-corrected chi connectivity index (χ0v) is 18.1. The molecule has 3 aromatic carbocycles. The molecule has 0 amide bonds. The van der Waals surface area contributed by atoms with Crippen molar-refractivity contribution in [3.63, 3.8) is 0 Å². The number of piperazine rings is 1. The first-order valence-corrected chi connectivity index (χ1v) is 11.2. The predicted molar refractivity (Wildman–Crippen MR) is 123 cm³/mol. The fraction of sp³-hybridized carbons (Fsp3) is 0.296. The standard InChI is InChI=1S/C27H28F2N2O/c28-24-12-8-22(9-13-24)27(23-10-14-25(29)15-11-23)31-19-17-30(18-20-31)16-4-7-26(32)21-5-2-1-3-6-21/h1-3,5-6,8-15,27H,4,7,16-20H2. The minimum Gasteiger partial charge on any atom is -0.301 e. The van der Waals surface area contributed by atoms with Crippen LogP contribution in [0.25, 0.3) is 0 Å². The molecule has 0 saturated carbocycles. The van der Waals surface area contributed by atoms with Crippen molar-refractivity contribution in [2.24, 2.45) is 0 Å². The van der Waals surface area contributed by atoms with E-state index in [1.165, 1.54) is 24.3 Å². The van der Waals surface area contributed by atoms with Gasteiger partial charge in [0.2, 0.25) is 0 Å². The Hall–Kier alpha value is -2.89. The van der Waals surface area contributed by atoms with E-state index in [9.17, 15) is 13.6 Å². The lowest BCUT2D eigenvalue weighted by Crippen LogP contribution is -2.48. The van der Waals surface area contributed by atoms with Crippen molar-refractivity contribution in [3.8, 4) is 0 Å². The number of benzene rings is 3. The molecule has 3 aromatic rings. The van der Waals surface area contributed by atoms with Gasteiger partial charge < -0.3 is 4.90 Å². The molecule has 166 valence electrons. The van der Waals surface area contributed by atoms with Gasteiger partial charge >= 0.3 is 0 Å². The fourth-order valence-corrected chi connectivity index (χ4v) is 4.38. The molecule has 1 fully saturated rings. The summed E-state index contributed by atoms with van der Waals surface area (Å²) in [6, 6.07) is 22.6. The number of hydrogen-bond acceptors (Lipinski definition) is 3. The summed E-state index contributed by atoms with van der Waals surface area (Å²) in [5.41, 5.74) is 2.78. The van der Waals surface area contributed by atoms with Gasteiger partial charge in [0, 0.05) is 38.2 Å². The van der Waals surface area contributed by atoms with Gasteiger partial charge in [-0.2, -0.15) is 0 Å². The van der Waals surface area contributed by atoms with Crippen LogP contribution >= 0.6 is 0 Å². The molecule has 0 bridgehead atoms.